The predicted octanol–water partition coefficient (Wildman–Crippen LogP) is 2.38. The molecule has 1 aliphatic carbocycles. The van der Waals surface area contributed by atoms with Gasteiger partial charge in [-0.1, -0.05) is 43.7 Å². The molecule has 2 fully saturated rings. The first-order valence-corrected chi connectivity index (χ1v) is 14.9. The summed E-state index contributed by atoms with van der Waals surface area (Å²) in [5.41, 5.74) is 1.46. The zero-order chi connectivity index (χ0) is 28.0. The van der Waals surface area contributed by atoms with E-state index < -0.39 is 37.7 Å². The minimum Gasteiger partial charge on any atom is -0.449 e. The highest BCUT2D eigenvalue weighted by molar-refractivity contribution is 7.51. The van der Waals surface area contributed by atoms with Crippen LogP contribution in [0, 0.1) is 0 Å². The van der Waals surface area contributed by atoms with Crippen LogP contribution in [0.3, 0.4) is 0 Å². The Morgan fingerprint density at radius 1 is 1.08 bits per heavy atom. The van der Waals surface area contributed by atoms with E-state index in [4.69, 9.17) is 4.74 Å². The molecule has 3 amide bonds. The number of ether oxygens (including phenoxy) is 1. The molecule has 1 aromatic carbocycles. The molecule has 3 N–H and O–H groups in total. The first-order valence-electron chi connectivity index (χ1n) is 13.1. The second kappa shape index (κ2) is 12.7. The molecule has 2 aliphatic rings. The molecule has 0 spiro atoms. The number of benzene rings is 1. The number of piperazine rings is 1. The van der Waals surface area contributed by atoms with Crippen molar-refractivity contribution < 1.29 is 33.5 Å². The number of hydrogen-bond donors (Lipinski definition) is 3. The zero-order valence-corrected chi connectivity index (χ0v) is 22.8. The normalized spacial score (nSPS) is 16.5. The monoisotopic (exact) mass is 559 g/mol. The van der Waals surface area contributed by atoms with Crippen LogP contribution in [0.2, 0.25) is 0 Å². The Morgan fingerprint density at radius 3 is 2.36 bits per heavy atom. The summed E-state index contributed by atoms with van der Waals surface area (Å²) < 4.78 is 17.1. The number of amides is 3. The minimum absolute atomic E-state index is 0.0221. The molecule has 1 aromatic heterocycles. The van der Waals surface area contributed by atoms with Gasteiger partial charge in [0, 0.05) is 43.4 Å². The zero-order valence-electron chi connectivity index (χ0n) is 21.9. The second-order valence-corrected chi connectivity index (χ2v) is 11.5. The van der Waals surface area contributed by atoms with E-state index in [9.17, 15) is 28.7 Å². The van der Waals surface area contributed by atoms with Crippen molar-refractivity contribution in [2.45, 2.75) is 44.6 Å². The van der Waals surface area contributed by atoms with Crippen molar-refractivity contribution in [3.63, 3.8) is 0 Å². The largest absolute Gasteiger partial charge is 0.449 e. The van der Waals surface area contributed by atoms with Gasteiger partial charge >= 0.3 is 13.7 Å². The van der Waals surface area contributed by atoms with Crippen LogP contribution in [0.4, 0.5) is 4.79 Å². The summed E-state index contributed by atoms with van der Waals surface area (Å²) in [6.45, 7) is 3.03. The van der Waals surface area contributed by atoms with Crippen LogP contribution < -0.4 is 5.32 Å². The van der Waals surface area contributed by atoms with Gasteiger partial charge in [0.15, 0.2) is 5.82 Å². The van der Waals surface area contributed by atoms with Crippen molar-refractivity contribution in [3.05, 3.63) is 47.8 Å². The second-order valence-electron chi connectivity index (χ2n) is 9.80. The van der Waals surface area contributed by atoms with Gasteiger partial charge in [0.2, 0.25) is 5.91 Å². The van der Waals surface area contributed by atoms with Gasteiger partial charge in [0.05, 0.1) is 12.8 Å². The number of carbonyl (C=O) groups is 3. The summed E-state index contributed by atoms with van der Waals surface area (Å²) in [4.78, 5) is 70.0. The third-order valence-electron chi connectivity index (χ3n) is 6.60. The van der Waals surface area contributed by atoms with Crippen LogP contribution >= 0.6 is 7.60 Å². The molecule has 0 bridgehead atoms. The molecule has 1 aliphatic heterocycles. The van der Waals surface area contributed by atoms with E-state index in [1.54, 1.807) is 6.07 Å². The molecule has 1 saturated heterocycles. The molecule has 0 radical (unpaired) electrons. The summed E-state index contributed by atoms with van der Waals surface area (Å²) in [6, 6.07) is 9.28. The fourth-order valence-electron chi connectivity index (χ4n) is 4.27. The first-order chi connectivity index (χ1) is 18.6. The van der Waals surface area contributed by atoms with Gasteiger partial charge in [-0.2, -0.15) is 0 Å². The Balaban J connectivity index is 1.47. The SMILES string of the molecule is CCCCOC(=O)N1CCN(C(=O)[C@H](CP(=O)(O)O)NC(=O)c2cc(C3CC3)nc(-c3ccccc3)n2)CC1. The number of carbonyl (C=O) groups excluding carboxylic acids is 3. The number of nitrogens with zero attached hydrogens (tertiary/aromatic N) is 4. The maximum Gasteiger partial charge on any atom is 0.409 e. The summed E-state index contributed by atoms with van der Waals surface area (Å²) >= 11 is 0. The minimum atomic E-state index is -4.67. The van der Waals surface area contributed by atoms with Gasteiger partial charge in [0.25, 0.3) is 5.91 Å². The highest BCUT2D eigenvalue weighted by Crippen LogP contribution is 2.40. The standard InChI is InChI=1S/C26H34N5O7P/c1-2-3-15-38-26(34)31-13-11-30(12-14-31)25(33)22(17-39(35,36)37)29-24(32)21-16-20(18-9-10-18)27-23(28-21)19-7-5-4-6-8-19/h4-8,16,18,22H,2-3,9-15,17H2,1H3,(H,29,32)(H2,35,36,37)/t22-/m0/s1. The van der Waals surface area contributed by atoms with Gasteiger partial charge < -0.3 is 29.6 Å². The summed E-state index contributed by atoms with van der Waals surface area (Å²) in [6.07, 6.45) is 2.23. The van der Waals surface area contributed by atoms with Crippen LogP contribution in [0.5, 0.6) is 0 Å². The molecular weight excluding hydrogens is 525 g/mol. The van der Waals surface area contributed by atoms with Crippen molar-refractivity contribution >= 4 is 25.5 Å². The van der Waals surface area contributed by atoms with E-state index in [-0.39, 0.29) is 37.8 Å². The fourth-order valence-corrected chi connectivity index (χ4v) is 4.99. The molecule has 39 heavy (non-hydrogen) atoms. The smallest absolute Gasteiger partial charge is 0.409 e. The topological polar surface area (TPSA) is 162 Å². The third-order valence-corrected chi connectivity index (χ3v) is 7.44. The first kappa shape index (κ1) is 28.7. The average molecular weight is 560 g/mol. The van der Waals surface area contributed by atoms with E-state index in [2.05, 4.69) is 15.3 Å². The Morgan fingerprint density at radius 2 is 1.74 bits per heavy atom. The van der Waals surface area contributed by atoms with Crippen molar-refractivity contribution in [1.29, 1.82) is 0 Å². The molecule has 2 aromatic rings. The molecule has 210 valence electrons. The number of nitrogens with one attached hydrogen (secondary N) is 1. The quantitative estimate of drug-likeness (QED) is 0.293. The Kier molecular flexibility index (Phi) is 9.32. The third kappa shape index (κ3) is 8.08. The highest BCUT2D eigenvalue weighted by atomic mass is 31.2. The summed E-state index contributed by atoms with van der Waals surface area (Å²) in [5, 5.41) is 2.50. The molecule has 0 unspecified atom stereocenters. The van der Waals surface area contributed by atoms with E-state index in [1.807, 2.05) is 37.3 Å². The lowest BCUT2D eigenvalue weighted by Crippen LogP contribution is -2.56. The summed E-state index contributed by atoms with van der Waals surface area (Å²) in [5.74, 6) is -0.767. The molecule has 2 heterocycles. The molecule has 12 nitrogen and oxygen atoms in total. The van der Waals surface area contributed by atoms with Gasteiger partial charge in [-0.15, -0.1) is 0 Å². The van der Waals surface area contributed by atoms with Crippen molar-refractivity contribution in [2.75, 3.05) is 38.9 Å². The molecule has 13 heteroatoms. The molecule has 1 atom stereocenters. The van der Waals surface area contributed by atoms with Crippen LogP contribution in [0.15, 0.2) is 36.4 Å². The Bertz CT molecular complexity index is 1230. The van der Waals surface area contributed by atoms with E-state index in [1.165, 1.54) is 9.80 Å². The lowest BCUT2D eigenvalue weighted by molar-refractivity contribution is -0.134. The fraction of sp³-hybridized carbons (Fsp3) is 0.500. The summed E-state index contributed by atoms with van der Waals surface area (Å²) in [7, 11) is -4.67. The van der Waals surface area contributed by atoms with E-state index >= 15 is 0 Å². The lowest BCUT2D eigenvalue weighted by Gasteiger charge is -2.36. The van der Waals surface area contributed by atoms with Gasteiger partial charge in [-0.25, -0.2) is 14.8 Å². The number of hydrogen-bond acceptors (Lipinski definition) is 7. The molecule has 1 saturated carbocycles. The van der Waals surface area contributed by atoms with Gasteiger partial charge in [-0.3, -0.25) is 14.2 Å². The predicted molar refractivity (Wildman–Crippen MR) is 142 cm³/mol. The van der Waals surface area contributed by atoms with Gasteiger partial charge in [-0.05, 0) is 25.3 Å². The molecular formula is C26H34N5O7P. The number of aromatic nitrogens is 2. The van der Waals surface area contributed by atoms with Crippen LogP contribution in [-0.2, 0) is 14.1 Å². The maximum absolute atomic E-state index is 13.3. The lowest BCUT2D eigenvalue weighted by atomic mass is 10.1. The van der Waals surface area contributed by atoms with Crippen LogP contribution in [-0.4, -0.2) is 92.5 Å². The highest BCUT2D eigenvalue weighted by Gasteiger charge is 2.35. The number of unbranched alkanes of at least 4 members (excludes halogenated alkanes) is 1. The Labute approximate surface area is 226 Å². The average Bonchev–Trinajstić information content (AvgIpc) is 3.78. The number of rotatable bonds is 10. The van der Waals surface area contributed by atoms with Crippen LogP contribution in [0.25, 0.3) is 11.4 Å². The van der Waals surface area contributed by atoms with Gasteiger partial charge in [0.1, 0.15) is 11.7 Å². The van der Waals surface area contributed by atoms with E-state index in [0.717, 1.165) is 31.2 Å². The van der Waals surface area contributed by atoms with Crippen molar-refractivity contribution in [2.24, 2.45) is 0 Å². The van der Waals surface area contributed by atoms with Crippen molar-refractivity contribution in [3.8, 4) is 11.4 Å². The van der Waals surface area contributed by atoms with Crippen LogP contribution in [0.1, 0.15) is 54.7 Å². The Hall–Kier alpha value is -3.34. The van der Waals surface area contributed by atoms with Crippen molar-refractivity contribution in [1.82, 2.24) is 25.1 Å². The molecule has 4 rings (SSSR count). The van der Waals surface area contributed by atoms with E-state index in [0.29, 0.717) is 18.1 Å². The maximum atomic E-state index is 13.3.